The minimum absolute atomic E-state index is 0.770. The van der Waals surface area contributed by atoms with Crippen LogP contribution >= 0.6 is 15.9 Å². The quantitative estimate of drug-likeness (QED) is 0.932. The van der Waals surface area contributed by atoms with Crippen LogP contribution in [0, 0.1) is 0 Å². The van der Waals surface area contributed by atoms with E-state index >= 15 is 0 Å². The van der Waals surface area contributed by atoms with Gasteiger partial charge in [-0.2, -0.15) is 0 Å². The van der Waals surface area contributed by atoms with Crippen molar-refractivity contribution >= 4 is 27.4 Å². The third kappa shape index (κ3) is 2.33. The first kappa shape index (κ1) is 11.0. The molecule has 0 unspecified atom stereocenters. The van der Waals surface area contributed by atoms with E-state index in [1.165, 1.54) is 0 Å². The molecule has 0 saturated carbocycles. The van der Waals surface area contributed by atoms with Gasteiger partial charge in [0.15, 0.2) is 0 Å². The summed E-state index contributed by atoms with van der Waals surface area (Å²) in [6, 6.07) is 11.5. The van der Waals surface area contributed by atoms with Crippen LogP contribution in [0.4, 0.5) is 11.5 Å². The minimum Gasteiger partial charge on any atom is -0.495 e. The summed E-state index contributed by atoms with van der Waals surface area (Å²) < 4.78 is 6.17. The minimum atomic E-state index is 0.770. The fourth-order valence-electron chi connectivity index (χ4n) is 1.35. The highest BCUT2D eigenvalue weighted by atomic mass is 79.9. The Morgan fingerprint density at radius 3 is 2.75 bits per heavy atom. The molecule has 0 spiro atoms. The number of nitrogens with zero attached hydrogens (tertiary/aromatic N) is 1. The van der Waals surface area contributed by atoms with Gasteiger partial charge in [0.05, 0.1) is 17.3 Å². The average Bonchev–Trinajstić information content (AvgIpc) is 2.33. The van der Waals surface area contributed by atoms with Crippen molar-refractivity contribution in [1.29, 1.82) is 0 Å². The normalized spacial score (nSPS) is 9.88. The predicted octanol–water partition coefficient (Wildman–Crippen LogP) is 3.60. The van der Waals surface area contributed by atoms with E-state index in [4.69, 9.17) is 4.74 Å². The number of ether oxygens (including phenoxy) is 1. The van der Waals surface area contributed by atoms with E-state index in [1.54, 1.807) is 13.3 Å². The van der Waals surface area contributed by atoms with Crippen molar-refractivity contribution in [3.05, 3.63) is 47.1 Å². The standard InChI is InChI=1S/C12H11BrN2O/c1-16-11-7-3-2-6-10(11)15-12-9(13)5-4-8-14-12/h2-8H,1H3,(H,14,15). The maximum absolute atomic E-state index is 5.25. The molecule has 1 heterocycles. The first-order valence-corrected chi connectivity index (χ1v) is 5.61. The number of hydrogen-bond acceptors (Lipinski definition) is 3. The molecule has 2 rings (SSSR count). The van der Waals surface area contributed by atoms with Crippen LogP contribution in [0.2, 0.25) is 0 Å². The van der Waals surface area contributed by atoms with E-state index < -0.39 is 0 Å². The van der Waals surface area contributed by atoms with Crippen molar-refractivity contribution in [2.75, 3.05) is 12.4 Å². The second kappa shape index (κ2) is 4.99. The third-order valence-electron chi connectivity index (χ3n) is 2.12. The van der Waals surface area contributed by atoms with Crippen LogP contribution in [0.15, 0.2) is 47.1 Å². The highest BCUT2D eigenvalue weighted by Crippen LogP contribution is 2.29. The van der Waals surface area contributed by atoms with Gasteiger partial charge >= 0.3 is 0 Å². The Morgan fingerprint density at radius 1 is 1.19 bits per heavy atom. The van der Waals surface area contributed by atoms with E-state index in [0.29, 0.717) is 0 Å². The second-order valence-electron chi connectivity index (χ2n) is 3.16. The fourth-order valence-corrected chi connectivity index (χ4v) is 1.71. The van der Waals surface area contributed by atoms with Crippen LogP contribution in [0.3, 0.4) is 0 Å². The second-order valence-corrected chi connectivity index (χ2v) is 4.01. The molecule has 4 heteroatoms. The molecule has 2 aromatic rings. The number of anilines is 2. The molecule has 0 aliphatic carbocycles. The summed E-state index contributed by atoms with van der Waals surface area (Å²) in [6.45, 7) is 0. The molecule has 0 aliphatic rings. The van der Waals surface area contributed by atoms with Crippen LogP contribution in [-0.2, 0) is 0 Å². The SMILES string of the molecule is COc1ccccc1Nc1ncccc1Br. The van der Waals surface area contributed by atoms with Crippen LogP contribution < -0.4 is 10.1 Å². The lowest BCUT2D eigenvalue weighted by molar-refractivity contribution is 0.417. The topological polar surface area (TPSA) is 34.1 Å². The lowest BCUT2D eigenvalue weighted by Crippen LogP contribution is -1.96. The van der Waals surface area contributed by atoms with Crippen molar-refractivity contribution in [3.63, 3.8) is 0 Å². The van der Waals surface area contributed by atoms with Crippen molar-refractivity contribution < 1.29 is 4.74 Å². The smallest absolute Gasteiger partial charge is 0.144 e. The molecular weight excluding hydrogens is 268 g/mol. The van der Waals surface area contributed by atoms with E-state index in [1.807, 2.05) is 36.4 Å². The van der Waals surface area contributed by atoms with Gasteiger partial charge in [-0.1, -0.05) is 12.1 Å². The van der Waals surface area contributed by atoms with E-state index in [9.17, 15) is 0 Å². The molecule has 0 radical (unpaired) electrons. The summed E-state index contributed by atoms with van der Waals surface area (Å²) >= 11 is 3.43. The molecule has 1 N–H and O–H groups in total. The van der Waals surface area contributed by atoms with Crippen molar-refractivity contribution in [2.24, 2.45) is 0 Å². The van der Waals surface area contributed by atoms with E-state index in [0.717, 1.165) is 21.7 Å². The molecule has 82 valence electrons. The van der Waals surface area contributed by atoms with Gasteiger partial charge in [-0.3, -0.25) is 0 Å². The summed E-state index contributed by atoms with van der Waals surface area (Å²) in [6.07, 6.45) is 1.74. The van der Waals surface area contributed by atoms with Gasteiger partial charge in [0.25, 0.3) is 0 Å². The molecule has 0 atom stereocenters. The highest BCUT2D eigenvalue weighted by molar-refractivity contribution is 9.10. The zero-order chi connectivity index (χ0) is 11.4. The Balaban J connectivity index is 2.30. The largest absolute Gasteiger partial charge is 0.495 e. The zero-order valence-electron chi connectivity index (χ0n) is 8.77. The van der Waals surface area contributed by atoms with Gasteiger partial charge in [0.1, 0.15) is 11.6 Å². The molecule has 1 aromatic carbocycles. The molecule has 1 aromatic heterocycles. The Hall–Kier alpha value is -1.55. The van der Waals surface area contributed by atoms with E-state index in [-0.39, 0.29) is 0 Å². The Labute approximate surface area is 103 Å². The fraction of sp³-hybridized carbons (Fsp3) is 0.0833. The van der Waals surface area contributed by atoms with Gasteiger partial charge < -0.3 is 10.1 Å². The summed E-state index contributed by atoms with van der Waals surface area (Å²) in [4.78, 5) is 4.24. The highest BCUT2D eigenvalue weighted by Gasteiger charge is 2.04. The monoisotopic (exact) mass is 278 g/mol. The van der Waals surface area contributed by atoms with Gasteiger partial charge in [-0.05, 0) is 40.2 Å². The number of methoxy groups -OCH3 is 1. The average molecular weight is 279 g/mol. The molecule has 0 aliphatic heterocycles. The van der Waals surface area contributed by atoms with Gasteiger partial charge in [0, 0.05) is 6.20 Å². The van der Waals surface area contributed by atoms with Gasteiger partial charge in [-0.25, -0.2) is 4.98 Å². The summed E-state index contributed by atoms with van der Waals surface area (Å²) in [5.41, 5.74) is 0.893. The molecule has 0 bridgehead atoms. The number of nitrogens with one attached hydrogen (secondary N) is 1. The number of aromatic nitrogens is 1. The van der Waals surface area contributed by atoms with Crippen LogP contribution in [0.5, 0.6) is 5.75 Å². The third-order valence-corrected chi connectivity index (χ3v) is 2.76. The maximum atomic E-state index is 5.25. The van der Waals surface area contributed by atoms with Crippen molar-refractivity contribution in [1.82, 2.24) is 4.98 Å². The number of hydrogen-bond donors (Lipinski definition) is 1. The molecule has 0 amide bonds. The number of pyridine rings is 1. The van der Waals surface area contributed by atoms with Crippen molar-refractivity contribution in [2.45, 2.75) is 0 Å². The Bertz CT molecular complexity index is 488. The number of para-hydroxylation sites is 2. The van der Waals surface area contributed by atoms with Crippen molar-refractivity contribution in [3.8, 4) is 5.75 Å². The maximum Gasteiger partial charge on any atom is 0.144 e. The molecule has 16 heavy (non-hydrogen) atoms. The number of halogens is 1. The van der Waals surface area contributed by atoms with E-state index in [2.05, 4.69) is 26.2 Å². The van der Waals surface area contributed by atoms with Crippen LogP contribution in [0.25, 0.3) is 0 Å². The summed E-state index contributed by atoms with van der Waals surface area (Å²) in [7, 11) is 1.65. The zero-order valence-corrected chi connectivity index (χ0v) is 10.4. The molecule has 3 nitrogen and oxygen atoms in total. The molecular formula is C12H11BrN2O. The van der Waals surface area contributed by atoms with Gasteiger partial charge in [-0.15, -0.1) is 0 Å². The number of rotatable bonds is 3. The summed E-state index contributed by atoms with van der Waals surface area (Å²) in [5, 5.41) is 3.21. The molecule has 0 saturated heterocycles. The lowest BCUT2D eigenvalue weighted by Gasteiger charge is -2.10. The molecule has 0 fully saturated rings. The van der Waals surface area contributed by atoms with Gasteiger partial charge in [0.2, 0.25) is 0 Å². The summed E-state index contributed by atoms with van der Waals surface area (Å²) in [5.74, 6) is 1.56. The first-order chi connectivity index (χ1) is 7.81. The number of benzene rings is 1. The Kier molecular flexibility index (Phi) is 3.41. The van der Waals surface area contributed by atoms with Crippen LogP contribution in [-0.4, -0.2) is 12.1 Å². The first-order valence-electron chi connectivity index (χ1n) is 4.82. The van der Waals surface area contributed by atoms with Crippen LogP contribution in [0.1, 0.15) is 0 Å². The Morgan fingerprint density at radius 2 is 2.00 bits per heavy atom. The lowest BCUT2D eigenvalue weighted by atomic mass is 10.3. The predicted molar refractivity (Wildman–Crippen MR) is 68.2 cm³/mol.